The maximum atomic E-state index is 11.8. The number of piperazine rings is 1. The van der Waals surface area contributed by atoms with Crippen LogP contribution in [0.3, 0.4) is 0 Å². The highest BCUT2D eigenvalue weighted by Gasteiger charge is 2.31. The summed E-state index contributed by atoms with van der Waals surface area (Å²) in [5.41, 5.74) is 6.34. The van der Waals surface area contributed by atoms with Crippen molar-refractivity contribution in [1.82, 2.24) is 9.80 Å². The van der Waals surface area contributed by atoms with Gasteiger partial charge in [0.2, 0.25) is 0 Å². The summed E-state index contributed by atoms with van der Waals surface area (Å²) in [7, 11) is 0. The number of carbonyl (C=O) groups excluding carboxylic acids is 1. The van der Waals surface area contributed by atoms with E-state index in [1.807, 2.05) is 6.92 Å². The maximum Gasteiger partial charge on any atom is 0.409 e. The van der Waals surface area contributed by atoms with Gasteiger partial charge in [0, 0.05) is 37.1 Å². The molecule has 1 saturated heterocycles. The molecule has 0 bridgehead atoms. The predicted octanol–water partition coefficient (Wildman–Crippen LogP) is 2.30. The molecule has 6 heteroatoms. The van der Waals surface area contributed by atoms with Crippen LogP contribution in [-0.2, 0) is 4.74 Å². The quantitative estimate of drug-likeness (QED) is 0.906. The van der Waals surface area contributed by atoms with Crippen molar-refractivity contribution in [3.63, 3.8) is 0 Å². The van der Waals surface area contributed by atoms with Gasteiger partial charge in [-0.3, -0.25) is 4.90 Å². The lowest BCUT2D eigenvalue weighted by molar-refractivity contribution is 0.0610. The molecule has 2 unspecified atom stereocenters. The molecule has 1 aliphatic heterocycles. The van der Waals surface area contributed by atoms with Gasteiger partial charge in [0.1, 0.15) is 0 Å². The first-order valence-corrected chi connectivity index (χ1v) is 8.50. The van der Waals surface area contributed by atoms with Crippen molar-refractivity contribution in [2.45, 2.75) is 32.4 Å². The number of nitrogens with zero attached hydrogens (tertiary/aromatic N) is 2. The van der Waals surface area contributed by atoms with Crippen LogP contribution in [0.15, 0.2) is 17.5 Å². The van der Waals surface area contributed by atoms with Crippen LogP contribution in [0, 0.1) is 0 Å². The molecule has 118 valence electrons. The largest absolute Gasteiger partial charge is 0.450 e. The highest BCUT2D eigenvalue weighted by atomic mass is 32.1. The lowest BCUT2D eigenvalue weighted by atomic mass is 10.0. The highest BCUT2D eigenvalue weighted by Crippen LogP contribution is 2.29. The van der Waals surface area contributed by atoms with Crippen molar-refractivity contribution in [2.75, 3.05) is 32.8 Å². The van der Waals surface area contributed by atoms with Gasteiger partial charge >= 0.3 is 6.09 Å². The van der Waals surface area contributed by atoms with Gasteiger partial charge in [0.05, 0.1) is 12.6 Å². The molecule has 0 aromatic carbocycles. The second-order valence-electron chi connectivity index (χ2n) is 5.25. The second-order valence-corrected chi connectivity index (χ2v) is 6.23. The normalized spacial score (nSPS) is 19.3. The molecule has 1 aliphatic rings. The Hall–Kier alpha value is -1.11. The molecule has 1 aromatic rings. The molecule has 1 amide bonds. The molecule has 5 nitrogen and oxygen atoms in total. The zero-order valence-electron chi connectivity index (χ0n) is 12.8. The topological polar surface area (TPSA) is 58.8 Å². The van der Waals surface area contributed by atoms with E-state index in [0.717, 1.165) is 19.5 Å². The van der Waals surface area contributed by atoms with E-state index in [0.29, 0.717) is 19.7 Å². The van der Waals surface area contributed by atoms with Crippen LogP contribution in [0.4, 0.5) is 4.79 Å². The van der Waals surface area contributed by atoms with Crippen LogP contribution in [0.25, 0.3) is 0 Å². The van der Waals surface area contributed by atoms with Gasteiger partial charge < -0.3 is 15.4 Å². The van der Waals surface area contributed by atoms with Crippen molar-refractivity contribution < 1.29 is 9.53 Å². The lowest BCUT2D eigenvalue weighted by Crippen LogP contribution is -2.52. The molecule has 1 fully saturated rings. The van der Waals surface area contributed by atoms with Gasteiger partial charge in [-0.15, -0.1) is 11.3 Å². The summed E-state index contributed by atoms with van der Waals surface area (Å²) in [6, 6.07) is 4.60. The average molecular weight is 311 g/mol. The molecule has 21 heavy (non-hydrogen) atoms. The van der Waals surface area contributed by atoms with Crippen molar-refractivity contribution >= 4 is 17.4 Å². The van der Waals surface area contributed by atoms with Gasteiger partial charge in [0.25, 0.3) is 0 Å². The predicted molar refractivity (Wildman–Crippen MR) is 85.5 cm³/mol. The molecule has 0 aliphatic carbocycles. The summed E-state index contributed by atoms with van der Waals surface area (Å²) >= 11 is 1.76. The Morgan fingerprint density at radius 2 is 2.10 bits per heavy atom. The van der Waals surface area contributed by atoms with E-state index in [1.54, 1.807) is 16.2 Å². The highest BCUT2D eigenvalue weighted by molar-refractivity contribution is 7.10. The molecule has 0 radical (unpaired) electrons. The number of amides is 1. The van der Waals surface area contributed by atoms with Crippen molar-refractivity contribution in [3.8, 4) is 0 Å². The Balaban J connectivity index is 1.99. The Labute approximate surface area is 130 Å². The van der Waals surface area contributed by atoms with Gasteiger partial charge in [-0.25, -0.2) is 4.79 Å². The molecule has 1 aromatic heterocycles. The molecule has 2 atom stereocenters. The first kappa shape index (κ1) is 16.3. The average Bonchev–Trinajstić information content (AvgIpc) is 3.02. The zero-order valence-corrected chi connectivity index (χ0v) is 13.6. The van der Waals surface area contributed by atoms with E-state index in [9.17, 15) is 4.79 Å². The zero-order chi connectivity index (χ0) is 15.2. The fourth-order valence-corrected chi connectivity index (χ4v) is 3.68. The molecule has 2 heterocycles. The van der Waals surface area contributed by atoms with E-state index in [4.69, 9.17) is 10.5 Å². The maximum absolute atomic E-state index is 11.8. The third kappa shape index (κ3) is 3.96. The minimum atomic E-state index is -0.204. The molecular formula is C15H25N3O2S. The SMILES string of the molecule is CCOC(=O)N1CCN(C(c2cccs2)C(N)CC)CC1. The number of ether oxygens (including phenoxy) is 1. The fraction of sp³-hybridized carbons (Fsp3) is 0.667. The lowest BCUT2D eigenvalue weighted by Gasteiger charge is -2.40. The molecular weight excluding hydrogens is 286 g/mol. The first-order chi connectivity index (χ1) is 10.2. The number of thiophene rings is 1. The summed E-state index contributed by atoms with van der Waals surface area (Å²) in [4.78, 5) is 17.2. The van der Waals surface area contributed by atoms with Crippen LogP contribution in [-0.4, -0.2) is 54.7 Å². The minimum absolute atomic E-state index is 0.123. The van der Waals surface area contributed by atoms with Crippen LogP contribution in [0.2, 0.25) is 0 Å². The number of nitrogens with two attached hydrogens (primary N) is 1. The van der Waals surface area contributed by atoms with Gasteiger partial charge in [-0.05, 0) is 24.8 Å². The number of carbonyl (C=O) groups is 1. The third-order valence-electron chi connectivity index (χ3n) is 3.95. The van der Waals surface area contributed by atoms with Crippen LogP contribution >= 0.6 is 11.3 Å². The summed E-state index contributed by atoms with van der Waals surface area (Å²) in [5.74, 6) is 0. The van der Waals surface area contributed by atoms with Crippen LogP contribution in [0.1, 0.15) is 31.2 Å². The van der Waals surface area contributed by atoms with Crippen molar-refractivity contribution in [3.05, 3.63) is 22.4 Å². The number of hydrogen-bond donors (Lipinski definition) is 1. The fourth-order valence-electron chi connectivity index (χ4n) is 2.74. The van der Waals surface area contributed by atoms with E-state index < -0.39 is 0 Å². The Morgan fingerprint density at radius 1 is 1.38 bits per heavy atom. The third-order valence-corrected chi connectivity index (χ3v) is 4.89. The van der Waals surface area contributed by atoms with Crippen LogP contribution < -0.4 is 5.73 Å². The van der Waals surface area contributed by atoms with Gasteiger partial charge in [-0.1, -0.05) is 13.0 Å². The molecule has 0 spiro atoms. The summed E-state index contributed by atoms with van der Waals surface area (Å²) < 4.78 is 5.06. The van der Waals surface area contributed by atoms with Crippen molar-refractivity contribution in [1.29, 1.82) is 0 Å². The van der Waals surface area contributed by atoms with E-state index >= 15 is 0 Å². The number of hydrogen-bond acceptors (Lipinski definition) is 5. The summed E-state index contributed by atoms with van der Waals surface area (Å²) in [6.45, 7) is 7.48. The van der Waals surface area contributed by atoms with E-state index in [1.165, 1.54) is 4.88 Å². The van der Waals surface area contributed by atoms with Gasteiger partial charge in [-0.2, -0.15) is 0 Å². The van der Waals surface area contributed by atoms with Gasteiger partial charge in [0.15, 0.2) is 0 Å². The van der Waals surface area contributed by atoms with Crippen molar-refractivity contribution in [2.24, 2.45) is 5.73 Å². The smallest absolute Gasteiger partial charge is 0.409 e. The monoisotopic (exact) mass is 311 g/mol. The van der Waals surface area contributed by atoms with Crippen LogP contribution in [0.5, 0.6) is 0 Å². The number of rotatable bonds is 5. The molecule has 0 saturated carbocycles. The Bertz CT molecular complexity index is 430. The Kier molecular flexibility index (Phi) is 6.02. The second kappa shape index (κ2) is 7.77. The molecule has 2 N–H and O–H groups in total. The van der Waals surface area contributed by atoms with E-state index in [-0.39, 0.29) is 18.2 Å². The molecule has 2 rings (SSSR count). The Morgan fingerprint density at radius 3 is 2.62 bits per heavy atom. The van der Waals surface area contributed by atoms with E-state index in [2.05, 4.69) is 29.3 Å². The summed E-state index contributed by atoms with van der Waals surface area (Å²) in [6.07, 6.45) is 0.741. The standard InChI is InChI=1S/C15H25N3O2S/c1-3-12(16)14(13-6-5-11-21-13)17-7-9-18(10-8-17)15(19)20-4-2/h5-6,11-12,14H,3-4,7-10,16H2,1-2H3. The minimum Gasteiger partial charge on any atom is -0.450 e. The summed E-state index contributed by atoms with van der Waals surface area (Å²) in [5, 5.41) is 2.10. The first-order valence-electron chi connectivity index (χ1n) is 7.62.